The Morgan fingerprint density at radius 1 is 0.700 bits per heavy atom. The highest BCUT2D eigenvalue weighted by Gasteiger charge is 2.57. The quantitative estimate of drug-likeness (QED) is 0.775. The van der Waals surface area contributed by atoms with Crippen LogP contribution in [0.25, 0.3) is 0 Å². The van der Waals surface area contributed by atoms with Gasteiger partial charge in [0.1, 0.15) is 5.41 Å². The van der Waals surface area contributed by atoms with Gasteiger partial charge in [-0.05, 0) is 38.5 Å². The Morgan fingerprint density at radius 3 is 1.50 bits per heavy atom. The SMILES string of the molecule is O=C(NC1CCCCC1)C1(C(=O)NC2CCCC2)CC1. The molecule has 3 aliphatic rings. The lowest BCUT2D eigenvalue weighted by Crippen LogP contribution is -2.48. The van der Waals surface area contributed by atoms with Crippen molar-refractivity contribution in [2.45, 2.75) is 82.7 Å². The standard InChI is InChI=1S/C16H26N2O2/c19-14(17-12-6-2-1-3-7-12)16(10-11-16)15(20)18-13-8-4-5-9-13/h12-13H,1-11H2,(H,17,19)(H,18,20). The first-order chi connectivity index (χ1) is 9.71. The minimum atomic E-state index is -0.722. The number of carbonyl (C=O) groups is 2. The summed E-state index contributed by atoms with van der Waals surface area (Å²) in [5.41, 5.74) is -0.722. The monoisotopic (exact) mass is 278 g/mol. The predicted octanol–water partition coefficient (Wildman–Crippen LogP) is 2.27. The van der Waals surface area contributed by atoms with E-state index in [4.69, 9.17) is 0 Å². The van der Waals surface area contributed by atoms with E-state index in [2.05, 4.69) is 10.6 Å². The second-order valence-electron chi connectivity index (χ2n) is 6.85. The first kappa shape index (κ1) is 13.9. The third-order valence-electron chi connectivity index (χ3n) is 5.25. The Morgan fingerprint density at radius 2 is 1.10 bits per heavy atom. The first-order valence-electron chi connectivity index (χ1n) is 8.33. The smallest absolute Gasteiger partial charge is 0.235 e. The Bertz CT molecular complexity index is 378. The lowest BCUT2D eigenvalue weighted by atomic mass is 9.94. The van der Waals surface area contributed by atoms with Crippen LogP contribution in [0.1, 0.15) is 70.6 Å². The van der Waals surface area contributed by atoms with Gasteiger partial charge < -0.3 is 10.6 Å². The van der Waals surface area contributed by atoms with Gasteiger partial charge in [-0.3, -0.25) is 9.59 Å². The molecule has 0 aromatic carbocycles. The van der Waals surface area contributed by atoms with Crippen LogP contribution in [0.3, 0.4) is 0 Å². The molecule has 0 radical (unpaired) electrons. The van der Waals surface area contributed by atoms with Gasteiger partial charge >= 0.3 is 0 Å². The summed E-state index contributed by atoms with van der Waals surface area (Å²) in [5.74, 6) is -0.0300. The van der Waals surface area contributed by atoms with E-state index >= 15 is 0 Å². The molecule has 0 atom stereocenters. The van der Waals surface area contributed by atoms with Gasteiger partial charge in [0.2, 0.25) is 11.8 Å². The van der Waals surface area contributed by atoms with Gasteiger partial charge in [0.25, 0.3) is 0 Å². The highest BCUT2D eigenvalue weighted by molar-refractivity contribution is 6.08. The second kappa shape index (κ2) is 5.74. The Labute approximate surface area is 121 Å². The van der Waals surface area contributed by atoms with E-state index in [9.17, 15) is 9.59 Å². The first-order valence-corrected chi connectivity index (χ1v) is 8.33. The van der Waals surface area contributed by atoms with Gasteiger partial charge in [-0.1, -0.05) is 32.1 Å². The van der Waals surface area contributed by atoms with E-state index < -0.39 is 5.41 Å². The topological polar surface area (TPSA) is 58.2 Å². The maximum Gasteiger partial charge on any atom is 0.235 e. The lowest BCUT2D eigenvalue weighted by Gasteiger charge is -2.25. The molecule has 4 heteroatoms. The van der Waals surface area contributed by atoms with E-state index in [0.29, 0.717) is 12.1 Å². The van der Waals surface area contributed by atoms with Crippen molar-refractivity contribution in [2.24, 2.45) is 5.41 Å². The summed E-state index contributed by atoms with van der Waals surface area (Å²) in [6.07, 6.45) is 11.8. The number of amides is 2. The molecule has 3 rings (SSSR count). The van der Waals surface area contributed by atoms with Gasteiger partial charge in [0, 0.05) is 12.1 Å². The van der Waals surface area contributed by atoms with Gasteiger partial charge in [-0.15, -0.1) is 0 Å². The number of nitrogens with one attached hydrogen (secondary N) is 2. The van der Waals surface area contributed by atoms with Crippen molar-refractivity contribution < 1.29 is 9.59 Å². The van der Waals surface area contributed by atoms with Crippen molar-refractivity contribution in [3.05, 3.63) is 0 Å². The minimum absolute atomic E-state index is 0.0140. The summed E-state index contributed by atoms with van der Waals surface area (Å²) in [7, 11) is 0. The molecule has 0 unspecified atom stereocenters. The van der Waals surface area contributed by atoms with Crippen molar-refractivity contribution in [1.82, 2.24) is 10.6 Å². The summed E-state index contributed by atoms with van der Waals surface area (Å²) < 4.78 is 0. The lowest BCUT2D eigenvalue weighted by molar-refractivity contribution is -0.138. The molecular weight excluding hydrogens is 252 g/mol. The van der Waals surface area contributed by atoms with Gasteiger partial charge in [0.15, 0.2) is 0 Å². The van der Waals surface area contributed by atoms with Crippen molar-refractivity contribution in [1.29, 1.82) is 0 Å². The van der Waals surface area contributed by atoms with Crippen LogP contribution >= 0.6 is 0 Å². The molecule has 3 aliphatic carbocycles. The molecule has 0 heterocycles. The average molecular weight is 278 g/mol. The van der Waals surface area contributed by atoms with Gasteiger partial charge in [-0.25, -0.2) is 0 Å². The Kier molecular flexibility index (Phi) is 3.99. The third-order valence-corrected chi connectivity index (χ3v) is 5.25. The zero-order valence-corrected chi connectivity index (χ0v) is 12.2. The summed E-state index contributed by atoms with van der Waals surface area (Å²) in [5, 5.41) is 6.23. The fourth-order valence-corrected chi connectivity index (χ4v) is 3.65. The van der Waals surface area contributed by atoms with Crippen LogP contribution in [0.2, 0.25) is 0 Å². The molecule has 0 aromatic rings. The number of carbonyl (C=O) groups excluding carboxylic acids is 2. The largest absolute Gasteiger partial charge is 0.352 e. The van der Waals surface area contributed by atoms with E-state index in [1.807, 2.05) is 0 Å². The Balaban J connectivity index is 1.53. The van der Waals surface area contributed by atoms with Crippen molar-refractivity contribution >= 4 is 11.8 Å². The van der Waals surface area contributed by atoms with Crippen molar-refractivity contribution in [2.75, 3.05) is 0 Å². The maximum atomic E-state index is 12.4. The molecule has 3 saturated carbocycles. The average Bonchev–Trinajstić information content (AvgIpc) is 3.13. The molecule has 4 nitrogen and oxygen atoms in total. The molecule has 112 valence electrons. The molecule has 0 saturated heterocycles. The molecule has 0 bridgehead atoms. The minimum Gasteiger partial charge on any atom is -0.352 e. The normalized spacial score (nSPS) is 26.2. The van der Waals surface area contributed by atoms with E-state index in [1.54, 1.807) is 0 Å². The Hall–Kier alpha value is -1.06. The molecule has 2 amide bonds. The number of hydrogen-bond donors (Lipinski definition) is 2. The van der Waals surface area contributed by atoms with Crippen LogP contribution < -0.4 is 10.6 Å². The number of rotatable bonds is 4. The van der Waals surface area contributed by atoms with Gasteiger partial charge in [-0.2, -0.15) is 0 Å². The summed E-state index contributed by atoms with van der Waals surface area (Å²) in [4.78, 5) is 24.8. The van der Waals surface area contributed by atoms with E-state index in [0.717, 1.165) is 38.5 Å². The fourth-order valence-electron chi connectivity index (χ4n) is 3.65. The van der Waals surface area contributed by atoms with Crippen LogP contribution in [0.4, 0.5) is 0 Å². The van der Waals surface area contributed by atoms with Crippen LogP contribution in [0, 0.1) is 5.41 Å². The van der Waals surface area contributed by atoms with Gasteiger partial charge in [0.05, 0.1) is 0 Å². The van der Waals surface area contributed by atoms with Crippen molar-refractivity contribution in [3.63, 3.8) is 0 Å². The molecule has 0 spiro atoms. The van der Waals surface area contributed by atoms with Crippen LogP contribution in [-0.2, 0) is 9.59 Å². The predicted molar refractivity (Wildman–Crippen MR) is 77.1 cm³/mol. The van der Waals surface area contributed by atoms with Crippen molar-refractivity contribution in [3.8, 4) is 0 Å². The second-order valence-corrected chi connectivity index (χ2v) is 6.85. The third kappa shape index (κ3) is 2.84. The fraction of sp³-hybridized carbons (Fsp3) is 0.875. The van der Waals surface area contributed by atoms with E-state index in [-0.39, 0.29) is 11.8 Å². The summed E-state index contributed by atoms with van der Waals surface area (Å²) in [6.45, 7) is 0. The summed E-state index contributed by atoms with van der Waals surface area (Å²) in [6, 6.07) is 0.607. The molecular formula is C16H26N2O2. The molecule has 3 fully saturated rings. The molecule has 0 aromatic heterocycles. The zero-order chi connectivity index (χ0) is 14.0. The molecule has 2 N–H and O–H groups in total. The molecule has 20 heavy (non-hydrogen) atoms. The zero-order valence-electron chi connectivity index (χ0n) is 12.2. The number of hydrogen-bond acceptors (Lipinski definition) is 2. The van der Waals surface area contributed by atoms with Crippen LogP contribution in [0.5, 0.6) is 0 Å². The molecule has 0 aliphatic heterocycles. The highest BCUT2D eigenvalue weighted by Crippen LogP contribution is 2.46. The van der Waals surface area contributed by atoms with E-state index in [1.165, 1.54) is 32.1 Å². The highest BCUT2D eigenvalue weighted by atomic mass is 16.2. The summed E-state index contributed by atoms with van der Waals surface area (Å²) >= 11 is 0. The van der Waals surface area contributed by atoms with Crippen LogP contribution in [-0.4, -0.2) is 23.9 Å². The maximum absolute atomic E-state index is 12.4. The van der Waals surface area contributed by atoms with Crippen LogP contribution in [0.15, 0.2) is 0 Å².